The number of aryl methyl sites for hydroxylation is 1. The molecule has 0 saturated carbocycles. The monoisotopic (exact) mass is 423 g/mol. The Hall–Kier alpha value is -2.22. The molecule has 0 amide bonds. The normalized spacial score (nSPS) is 16.4. The maximum Gasteiger partial charge on any atom is 0.191 e. The first-order valence-electron chi connectivity index (χ1n) is 10.5. The van der Waals surface area contributed by atoms with Crippen molar-refractivity contribution in [3.63, 3.8) is 0 Å². The molecule has 1 saturated heterocycles. The molecule has 0 radical (unpaired) electrons. The van der Waals surface area contributed by atoms with Crippen LogP contribution in [0.2, 0.25) is 0 Å². The lowest BCUT2D eigenvalue weighted by molar-refractivity contribution is 0.0934. The van der Waals surface area contributed by atoms with Crippen LogP contribution in [-0.2, 0) is 30.1 Å². The third-order valence-corrected chi connectivity index (χ3v) is 6.41. The van der Waals surface area contributed by atoms with Gasteiger partial charge in [-0.3, -0.25) is 9.88 Å². The fourth-order valence-electron chi connectivity index (χ4n) is 3.70. The van der Waals surface area contributed by atoms with Gasteiger partial charge in [0.25, 0.3) is 0 Å². The molecular weight excluding hydrogens is 394 g/mol. The molecule has 1 aliphatic rings. The predicted octanol–water partition coefficient (Wildman–Crippen LogP) is 4.08. The maximum absolute atomic E-state index is 5.91. The van der Waals surface area contributed by atoms with Crippen molar-refractivity contribution in [1.82, 2.24) is 24.6 Å². The summed E-state index contributed by atoms with van der Waals surface area (Å²) in [6, 6.07) is 14.5. The van der Waals surface area contributed by atoms with Gasteiger partial charge in [-0.15, -0.1) is 10.2 Å². The van der Waals surface area contributed by atoms with Crippen LogP contribution < -0.4 is 0 Å². The summed E-state index contributed by atoms with van der Waals surface area (Å²) in [4.78, 5) is 6.66. The molecule has 2 aromatic heterocycles. The maximum atomic E-state index is 5.91. The molecule has 1 aromatic carbocycles. The summed E-state index contributed by atoms with van der Waals surface area (Å²) in [5.41, 5.74) is 3.70. The van der Waals surface area contributed by atoms with E-state index in [-0.39, 0.29) is 6.10 Å². The Balaban J connectivity index is 1.48. The summed E-state index contributed by atoms with van der Waals surface area (Å²) < 4.78 is 8.17. The lowest BCUT2D eigenvalue weighted by Crippen LogP contribution is -2.23. The van der Waals surface area contributed by atoms with E-state index in [0.717, 1.165) is 61.5 Å². The van der Waals surface area contributed by atoms with Crippen molar-refractivity contribution >= 4 is 11.8 Å². The molecule has 30 heavy (non-hydrogen) atoms. The number of thioether (sulfide) groups is 1. The Kier molecular flexibility index (Phi) is 7.15. The van der Waals surface area contributed by atoms with E-state index in [2.05, 4.69) is 69.0 Å². The lowest BCUT2D eigenvalue weighted by atomic mass is 10.1. The second kappa shape index (κ2) is 10.2. The van der Waals surface area contributed by atoms with Crippen molar-refractivity contribution in [3.05, 3.63) is 71.3 Å². The smallest absolute Gasteiger partial charge is 0.191 e. The van der Waals surface area contributed by atoms with Crippen molar-refractivity contribution in [3.8, 4) is 0 Å². The molecule has 1 fully saturated rings. The Labute approximate surface area is 182 Å². The SMILES string of the molecule is Cc1ccccc1CSc1nnc(CN(C)Cc2ccccn2)n1CC1CCCO1. The van der Waals surface area contributed by atoms with Crippen molar-refractivity contribution in [2.45, 2.75) is 56.4 Å². The number of benzene rings is 1. The number of hydrogen-bond donors (Lipinski definition) is 0. The van der Waals surface area contributed by atoms with E-state index < -0.39 is 0 Å². The van der Waals surface area contributed by atoms with Gasteiger partial charge >= 0.3 is 0 Å². The molecular formula is C23H29N5OS. The average Bonchev–Trinajstić information content (AvgIpc) is 3.39. The minimum atomic E-state index is 0.249. The van der Waals surface area contributed by atoms with Crippen LogP contribution in [0.15, 0.2) is 53.8 Å². The third-order valence-electron chi connectivity index (χ3n) is 5.39. The van der Waals surface area contributed by atoms with E-state index in [1.807, 2.05) is 18.3 Å². The highest BCUT2D eigenvalue weighted by Gasteiger charge is 2.22. The van der Waals surface area contributed by atoms with Gasteiger partial charge in [0.1, 0.15) is 5.82 Å². The van der Waals surface area contributed by atoms with Crippen LogP contribution in [0.4, 0.5) is 0 Å². The second-order valence-corrected chi connectivity index (χ2v) is 8.80. The van der Waals surface area contributed by atoms with E-state index in [4.69, 9.17) is 4.74 Å². The average molecular weight is 424 g/mol. The van der Waals surface area contributed by atoms with E-state index in [9.17, 15) is 0 Å². The first kappa shape index (κ1) is 21.0. The third kappa shape index (κ3) is 5.47. The van der Waals surface area contributed by atoms with E-state index in [1.165, 1.54) is 11.1 Å². The fraction of sp³-hybridized carbons (Fsp3) is 0.435. The van der Waals surface area contributed by atoms with Gasteiger partial charge in [0.2, 0.25) is 0 Å². The van der Waals surface area contributed by atoms with Gasteiger partial charge in [-0.1, -0.05) is 42.1 Å². The van der Waals surface area contributed by atoms with Crippen LogP contribution in [0.25, 0.3) is 0 Å². The Bertz CT molecular complexity index is 940. The summed E-state index contributed by atoms with van der Waals surface area (Å²) in [6.45, 7) is 5.33. The van der Waals surface area contributed by atoms with Crippen molar-refractivity contribution in [2.75, 3.05) is 13.7 Å². The number of hydrogen-bond acceptors (Lipinski definition) is 6. The molecule has 0 bridgehead atoms. The standard InChI is InChI=1S/C23H29N5OS/c1-18-8-3-4-9-19(18)17-30-23-26-25-22(28(23)15-21-11-7-13-29-21)16-27(2)14-20-10-5-6-12-24-20/h3-6,8-10,12,21H,7,11,13-17H2,1-2H3. The van der Waals surface area contributed by atoms with Crippen molar-refractivity contribution < 1.29 is 4.74 Å². The van der Waals surface area contributed by atoms with E-state index in [0.29, 0.717) is 0 Å². The molecule has 1 aliphatic heterocycles. The zero-order chi connectivity index (χ0) is 20.8. The molecule has 7 heteroatoms. The van der Waals surface area contributed by atoms with Crippen LogP contribution in [0.1, 0.15) is 35.5 Å². The Morgan fingerprint density at radius 3 is 2.77 bits per heavy atom. The van der Waals surface area contributed by atoms with Gasteiger partial charge in [-0.2, -0.15) is 0 Å². The van der Waals surface area contributed by atoms with Gasteiger partial charge < -0.3 is 9.30 Å². The Morgan fingerprint density at radius 2 is 2.00 bits per heavy atom. The highest BCUT2D eigenvalue weighted by atomic mass is 32.2. The summed E-state index contributed by atoms with van der Waals surface area (Å²) in [6.07, 6.45) is 4.32. The highest BCUT2D eigenvalue weighted by Crippen LogP contribution is 2.26. The van der Waals surface area contributed by atoms with Crippen LogP contribution in [0.3, 0.4) is 0 Å². The number of rotatable bonds is 9. The molecule has 1 unspecified atom stereocenters. The second-order valence-electron chi connectivity index (χ2n) is 7.85. The summed E-state index contributed by atoms with van der Waals surface area (Å²) >= 11 is 1.75. The van der Waals surface area contributed by atoms with Gasteiger partial charge in [-0.25, -0.2) is 0 Å². The van der Waals surface area contributed by atoms with Gasteiger partial charge in [-0.05, 0) is 50.1 Å². The summed E-state index contributed by atoms with van der Waals surface area (Å²) in [5, 5.41) is 10.1. The molecule has 0 aliphatic carbocycles. The largest absolute Gasteiger partial charge is 0.376 e. The highest BCUT2D eigenvalue weighted by molar-refractivity contribution is 7.98. The van der Waals surface area contributed by atoms with E-state index in [1.54, 1.807) is 11.8 Å². The minimum absolute atomic E-state index is 0.249. The first-order chi connectivity index (χ1) is 14.7. The van der Waals surface area contributed by atoms with Crippen molar-refractivity contribution in [1.29, 1.82) is 0 Å². The predicted molar refractivity (Wildman–Crippen MR) is 119 cm³/mol. The number of aromatic nitrogens is 4. The van der Waals surface area contributed by atoms with Crippen LogP contribution >= 0.6 is 11.8 Å². The molecule has 6 nitrogen and oxygen atoms in total. The molecule has 0 spiro atoms. The van der Waals surface area contributed by atoms with Crippen LogP contribution in [0.5, 0.6) is 0 Å². The zero-order valence-electron chi connectivity index (χ0n) is 17.7. The van der Waals surface area contributed by atoms with Gasteiger partial charge in [0, 0.05) is 25.1 Å². The Morgan fingerprint density at radius 1 is 1.13 bits per heavy atom. The molecule has 3 aromatic rings. The van der Waals surface area contributed by atoms with Crippen LogP contribution in [0, 0.1) is 6.92 Å². The zero-order valence-corrected chi connectivity index (χ0v) is 18.5. The molecule has 1 atom stereocenters. The quantitative estimate of drug-likeness (QED) is 0.483. The number of ether oxygens (including phenoxy) is 1. The first-order valence-corrected chi connectivity index (χ1v) is 11.5. The molecule has 0 N–H and O–H groups in total. The molecule has 3 heterocycles. The number of pyridine rings is 1. The van der Waals surface area contributed by atoms with E-state index >= 15 is 0 Å². The minimum Gasteiger partial charge on any atom is -0.376 e. The van der Waals surface area contributed by atoms with Crippen molar-refractivity contribution in [2.24, 2.45) is 0 Å². The lowest BCUT2D eigenvalue weighted by Gasteiger charge is -2.19. The van der Waals surface area contributed by atoms with Crippen LogP contribution in [-0.4, -0.2) is 44.4 Å². The summed E-state index contributed by atoms with van der Waals surface area (Å²) in [5.74, 6) is 1.87. The molecule has 4 rings (SSSR count). The van der Waals surface area contributed by atoms with Gasteiger partial charge in [0.05, 0.1) is 24.9 Å². The summed E-state index contributed by atoms with van der Waals surface area (Å²) in [7, 11) is 2.10. The van der Waals surface area contributed by atoms with Gasteiger partial charge in [0.15, 0.2) is 5.16 Å². The molecule has 158 valence electrons. The fourth-order valence-corrected chi connectivity index (χ4v) is 4.74. The topological polar surface area (TPSA) is 56.1 Å². The number of nitrogens with zero attached hydrogens (tertiary/aromatic N) is 5.